The Morgan fingerprint density at radius 1 is 1.57 bits per heavy atom. The lowest BCUT2D eigenvalue weighted by Crippen LogP contribution is -2.10. The molecule has 76 valence electrons. The van der Waals surface area contributed by atoms with Crippen LogP contribution in [0.5, 0.6) is 0 Å². The molecule has 0 aromatic carbocycles. The predicted molar refractivity (Wildman–Crippen MR) is 59.8 cm³/mol. The predicted octanol–water partition coefficient (Wildman–Crippen LogP) is 2.87. The number of aromatic nitrogens is 1. The zero-order chi connectivity index (χ0) is 10.4. The molecule has 1 amide bonds. The van der Waals surface area contributed by atoms with Gasteiger partial charge in [0.1, 0.15) is 4.64 Å². The number of pyridine rings is 1. The second-order valence-electron chi connectivity index (χ2n) is 3.09. The number of unbranched alkanes of at least 4 members (excludes halogenated alkanes) is 1. The number of carbonyl (C=O) groups is 1. The van der Waals surface area contributed by atoms with Crippen LogP contribution in [0.3, 0.4) is 0 Å². The molecule has 0 bridgehead atoms. The van der Waals surface area contributed by atoms with Crippen LogP contribution in [0.1, 0.15) is 26.2 Å². The molecule has 0 aliphatic heterocycles. The third kappa shape index (κ3) is 3.70. The van der Waals surface area contributed by atoms with Gasteiger partial charge in [-0.1, -0.05) is 25.6 Å². The van der Waals surface area contributed by atoms with Gasteiger partial charge in [0.05, 0.1) is 5.69 Å². The number of anilines is 1. The summed E-state index contributed by atoms with van der Waals surface area (Å²) in [5.74, 6) is 0.0531. The smallest absolute Gasteiger partial charge is 0.224 e. The zero-order valence-electron chi connectivity index (χ0n) is 8.17. The molecule has 0 atom stereocenters. The van der Waals surface area contributed by atoms with Crippen LogP contribution in [-0.2, 0) is 4.79 Å². The summed E-state index contributed by atoms with van der Waals surface area (Å²) >= 11 is 4.89. The van der Waals surface area contributed by atoms with Gasteiger partial charge < -0.3 is 10.3 Å². The van der Waals surface area contributed by atoms with Gasteiger partial charge in [-0.3, -0.25) is 4.79 Å². The third-order valence-electron chi connectivity index (χ3n) is 1.83. The van der Waals surface area contributed by atoms with Crippen LogP contribution >= 0.6 is 12.2 Å². The van der Waals surface area contributed by atoms with E-state index >= 15 is 0 Å². The average molecular weight is 210 g/mol. The Morgan fingerprint density at radius 3 is 2.93 bits per heavy atom. The van der Waals surface area contributed by atoms with E-state index in [2.05, 4.69) is 17.2 Å². The second kappa shape index (κ2) is 5.54. The first kappa shape index (κ1) is 10.9. The lowest BCUT2D eigenvalue weighted by Gasteiger charge is -2.03. The van der Waals surface area contributed by atoms with E-state index in [9.17, 15) is 4.79 Å². The van der Waals surface area contributed by atoms with Crippen molar-refractivity contribution in [3.8, 4) is 0 Å². The lowest BCUT2D eigenvalue weighted by molar-refractivity contribution is -0.116. The normalized spacial score (nSPS) is 9.79. The van der Waals surface area contributed by atoms with Gasteiger partial charge >= 0.3 is 0 Å². The van der Waals surface area contributed by atoms with Gasteiger partial charge in [0.15, 0.2) is 0 Å². The highest BCUT2D eigenvalue weighted by atomic mass is 32.1. The molecule has 1 rings (SSSR count). The maximum atomic E-state index is 11.3. The summed E-state index contributed by atoms with van der Waals surface area (Å²) in [6, 6.07) is 3.55. The van der Waals surface area contributed by atoms with Crippen LogP contribution in [0.4, 0.5) is 5.69 Å². The summed E-state index contributed by atoms with van der Waals surface area (Å²) in [6.07, 6.45) is 4.23. The first-order chi connectivity index (χ1) is 6.72. The van der Waals surface area contributed by atoms with Crippen LogP contribution in [0.2, 0.25) is 0 Å². The maximum Gasteiger partial charge on any atom is 0.224 e. The molecule has 1 heterocycles. The SMILES string of the molecule is CCCCC(=O)Nc1ccc(=S)[nH]c1. The monoisotopic (exact) mass is 210 g/mol. The highest BCUT2D eigenvalue weighted by Crippen LogP contribution is 2.05. The van der Waals surface area contributed by atoms with E-state index in [-0.39, 0.29) is 5.91 Å². The standard InChI is InChI=1S/C10H14N2OS/c1-2-3-4-9(13)12-8-5-6-10(14)11-7-8/h5-7H,2-4H2,1H3,(H,11,14)(H,12,13). The van der Waals surface area contributed by atoms with Crippen molar-refractivity contribution in [2.75, 3.05) is 5.32 Å². The molecule has 0 saturated carbocycles. The number of hydrogen-bond donors (Lipinski definition) is 2. The summed E-state index contributed by atoms with van der Waals surface area (Å²) < 4.78 is 0.663. The van der Waals surface area contributed by atoms with E-state index in [0.29, 0.717) is 11.1 Å². The summed E-state index contributed by atoms with van der Waals surface area (Å²) in [5, 5.41) is 2.79. The average Bonchev–Trinajstić information content (AvgIpc) is 2.18. The van der Waals surface area contributed by atoms with Crippen molar-refractivity contribution >= 4 is 23.8 Å². The number of amides is 1. The molecular formula is C10H14N2OS. The molecule has 1 aromatic heterocycles. The van der Waals surface area contributed by atoms with Gasteiger partial charge in [-0.05, 0) is 18.6 Å². The summed E-state index contributed by atoms with van der Waals surface area (Å²) in [7, 11) is 0. The highest BCUT2D eigenvalue weighted by Gasteiger charge is 2.00. The molecular weight excluding hydrogens is 196 g/mol. The Labute approximate surface area is 88.5 Å². The Balaban J connectivity index is 2.48. The van der Waals surface area contributed by atoms with Gasteiger partial charge in [-0.15, -0.1) is 0 Å². The van der Waals surface area contributed by atoms with Crippen molar-refractivity contribution in [2.24, 2.45) is 0 Å². The van der Waals surface area contributed by atoms with Crippen molar-refractivity contribution in [1.82, 2.24) is 4.98 Å². The first-order valence-electron chi connectivity index (χ1n) is 4.71. The van der Waals surface area contributed by atoms with Crippen molar-refractivity contribution in [3.05, 3.63) is 23.0 Å². The Kier molecular flexibility index (Phi) is 4.32. The molecule has 0 aliphatic rings. The number of rotatable bonds is 4. The highest BCUT2D eigenvalue weighted by molar-refractivity contribution is 7.71. The number of hydrogen-bond acceptors (Lipinski definition) is 2. The summed E-state index contributed by atoms with van der Waals surface area (Å²) in [4.78, 5) is 14.2. The van der Waals surface area contributed by atoms with Crippen LogP contribution in [0.15, 0.2) is 18.3 Å². The zero-order valence-corrected chi connectivity index (χ0v) is 8.99. The lowest BCUT2D eigenvalue weighted by atomic mass is 10.2. The minimum absolute atomic E-state index is 0.0531. The van der Waals surface area contributed by atoms with Crippen molar-refractivity contribution in [2.45, 2.75) is 26.2 Å². The quantitative estimate of drug-likeness (QED) is 0.750. The number of H-pyrrole nitrogens is 1. The minimum atomic E-state index is 0.0531. The molecule has 1 aromatic rings. The van der Waals surface area contributed by atoms with Crippen molar-refractivity contribution in [1.29, 1.82) is 0 Å². The number of carbonyl (C=O) groups excluding carboxylic acids is 1. The Bertz CT molecular complexity index is 339. The van der Waals surface area contributed by atoms with E-state index in [1.165, 1.54) is 0 Å². The van der Waals surface area contributed by atoms with Gasteiger partial charge in [0.25, 0.3) is 0 Å². The molecule has 14 heavy (non-hydrogen) atoms. The first-order valence-corrected chi connectivity index (χ1v) is 5.12. The van der Waals surface area contributed by atoms with Crippen molar-refractivity contribution < 1.29 is 4.79 Å². The fourth-order valence-corrected chi connectivity index (χ4v) is 1.18. The van der Waals surface area contributed by atoms with Crippen LogP contribution in [-0.4, -0.2) is 10.9 Å². The van der Waals surface area contributed by atoms with Crippen LogP contribution < -0.4 is 5.32 Å². The third-order valence-corrected chi connectivity index (χ3v) is 2.08. The molecule has 3 nitrogen and oxygen atoms in total. The Hall–Kier alpha value is -1.16. The van der Waals surface area contributed by atoms with E-state index in [1.54, 1.807) is 18.3 Å². The topological polar surface area (TPSA) is 44.9 Å². The number of nitrogens with one attached hydrogen (secondary N) is 2. The van der Waals surface area contributed by atoms with E-state index in [0.717, 1.165) is 18.5 Å². The van der Waals surface area contributed by atoms with E-state index in [1.807, 2.05) is 0 Å². The van der Waals surface area contributed by atoms with Gasteiger partial charge in [0.2, 0.25) is 5.91 Å². The fraction of sp³-hybridized carbons (Fsp3) is 0.400. The molecule has 0 saturated heterocycles. The maximum absolute atomic E-state index is 11.3. The molecule has 0 spiro atoms. The summed E-state index contributed by atoms with van der Waals surface area (Å²) in [5.41, 5.74) is 0.764. The largest absolute Gasteiger partial charge is 0.351 e. The second-order valence-corrected chi connectivity index (χ2v) is 3.53. The fourth-order valence-electron chi connectivity index (χ4n) is 1.05. The van der Waals surface area contributed by atoms with Crippen LogP contribution in [0.25, 0.3) is 0 Å². The molecule has 0 fully saturated rings. The molecule has 4 heteroatoms. The molecule has 2 N–H and O–H groups in total. The molecule has 0 radical (unpaired) electrons. The Morgan fingerprint density at radius 2 is 2.36 bits per heavy atom. The van der Waals surface area contributed by atoms with E-state index in [4.69, 9.17) is 12.2 Å². The molecule has 0 unspecified atom stereocenters. The summed E-state index contributed by atoms with van der Waals surface area (Å²) in [6.45, 7) is 2.06. The van der Waals surface area contributed by atoms with Gasteiger partial charge in [0, 0.05) is 12.6 Å². The van der Waals surface area contributed by atoms with Gasteiger partial charge in [-0.2, -0.15) is 0 Å². The number of aromatic amines is 1. The van der Waals surface area contributed by atoms with Crippen molar-refractivity contribution in [3.63, 3.8) is 0 Å². The van der Waals surface area contributed by atoms with E-state index < -0.39 is 0 Å². The molecule has 0 aliphatic carbocycles. The minimum Gasteiger partial charge on any atom is -0.351 e. The van der Waals surface area contributed by atoms with Gasteiger partial charge in [-0.25, -0.2) is 0 Å². The van der Waals surface area contributed by atoms with Crippen LogP contribution in [0, 0.1) is 4.64 Å².